The van der Waals surface area contributed by atoms with E-state index in [1.807, 2.05) is 0 Å². The summed E-state index contributed by atoms with van der Waals surface area (Å²) in [5.41, 5.74) is 0.609. The van der Waals surface area contributed by atoms with Gasteiger partial charge in [-0.1, -0.05) is 5.16 Å². The first-order valence-electron chi connectivity index (χ1n) is 7.91. The number of aromatic nitrogens is 1. The van der Waals surface area contributed by atoms with E-state index in [1.54, 1.807) is 49.4 Å². The predicted molar refractivity (Wildman–Crippen MR) is 93.1 cm³/mol. The SMILES string of the molecule is Cc1cc(NC(=O)CCOc2ccc(NC(=O)c3ccco3)cc2)no1. The number of anilines is 2. The molecule has 0 saturated heterocycles. The normalized spacial score (nSPS) is 10.3. The summed E-state index contributed by atoms with van der Waals surface area (Å²) in [4.78, 5) is 23.6. The number of ether oxygens (including phenoxy) is 1. The Morgan fingerprint density at radius 3 is 2.62 bits per heavy atom. The first-order valence-corrected chi connectivity index (χ1v) is 7.91. The Hall–Kier alpha value is -3.55. The topological polar surface area (TPSA) is 107 Å². The van der Waals surface area contributed by atoms with Crippen LogP contribution in [0.5, 0.6) is 5.75 Å². The number of carbonyl (C=O) groups is 2. The van der Waals surface area contributed by atoms with Gasteiger partial charge in [-0.25, -0.2) is 0 Å². The van der Waals surface area contributed by atoms with E-state index < -0.39 is 0 Å². The Morgan fingerprint density at radius 1 is 1.15 bits per heavy atom. The first-order chi connectivity index (χ1) is 12.6. The Kier molecular flexibility index (Phi) is 5.33. The minimum Gasteiger partial charge on any atom is -0.493 e. The van der Waals surface area contributed by atoms with Gasteiger partial charge in [0.2, 0.25) is 5.91 Å². The Morgan fingerprint density at radius 2 is 1.96 bits per heavy atom. The molecular formula is C18H17N3O5. The summed E-state index contributed by atoms with van der Waals surface area (Å²) in [5, 5.41) is 9.00. The maximum absolute atomic E-state index is 11.9. The molecule has 26 heavy (non-hydrogen) atoms. The average Bonchev–Trinajstić information content (AvgIpc) is 3.28. The van der Waals surface area contributed by atoms with Crippen molar-refractivity contribution >= 4 is 23.3 Å². The van der Waals surface area contributed by atoms with E-state index in [4.69, 9.17) is 13.7 Å². The van der Waals surface area contributed by atoms with Gasteiger partial charge in [-0.2, -0.15) is 0 Å². The molecule has 0 aliphatic rings. The van der Waals surface area contributed by atoms with Crippen LogP contribution in [-0.4, -0.2) is 23.6 Å². The van der Waals surface area contributed by atoms with Gasteiger partial charge < -0.3 is 24.3 Å². The lowest BCUT2D eigenvalue weighted by atomic mass is 10.3. The molecule has 2 amide bonds. The van der Waals surface area contributed by atoms with Gasteiger partial charge >= 0.3 is 0 Å². The van der Waals surface area contributed by atoms with Crippen molar-refractivity contribution in [1.82, 2.24) is 5.16 Å². The number of carbonyl (C=O) groups excluding carboxylic acids is 2. The van der Waals surface area contributed by atoms with Crippen molar-refractivity contribution in [3.8, 4) is 5.75 Å². The van der Waals surface area contributed by atoms with Gasteiger partial charge in [0.1, 0.15) is 11.5 Å². The maximum atomic E-state index is 11.9. The molecule has 3 rings (SSSR count). The number of amides is 2. The monoisotopic (exact) mass is 355 g/mol. The van der Waals surface area contributed by atoms with Crippen LogP contribution >= 0.6 is 0 Å². The number of benzene rings is 1. The smallest absolute Gasteiger partial charge is 0.291 e. The van der Waals surface area contributed by atoms with Crippen molar-refractivity contribution < 1.29 is 23.3 Å². The molecule has 2 N–H and O–H groups in total. The van der Waals surface area contributed by atoms with Crippen molar-refractivity contribution in [3.05, 3.63) is 60.2 Å². The van der Waals surface area contributed by atoms with Gasteiger partial charge in [-0.05, 0) is 43.3 Å². The lowest BCUT2D eigenvalue weighted by Gasteiger charge is -2.07. The molecule has 134 valence electrons. The average molecular weight is 355 g/mol. The molecule has 3 aromatic rings. The number of nitrogens with one attached hydrogen (secondary N) is 2. The molecule has 8 heteroatoms. The van der Waals surface area contributed by atoms with Crippen LogP contribution in [-0.2, 0) is 4.79 Å². The van der Waals surface area contributed by atoms with Crippen molar-refractivity contribution in [2.24, 2.45) is 0 Å². The highest BCUT2D eigenvalue weighted by molar-refractivity contribution is 6.02. The van der Waals surface area contributed by atoms with E-state index in [-0.39, 0.29) is 30.6 Å². The molecule has 0 aliphatic carbocycles. The van der Waals surface area contributed by atoms with Gasteiger partial charge in [-0.15, -0.1) is 0 Å². The van der Waals surface area contributed by atoms with E-state index in [1.165, 1.54) is 6.26 Å². The largest absolute Gasteiger partial charge is 0.493 e. The molecule has 0 aliphatic heterocycles. The van der Waals surface area contributed by atoms with Crippen LogP contribution in [0.25, 0.3) is 0 Å². The Balaban J connectivity index is 1.42. The minimum atomic E-state index is -0.330. The fourth-order valence-electron chi connectivity index (χ4n) is 2.13. The summed E-state index contributed by atoms with van der Waals surface area (Å²) >= 11 is 0. The number of rotatable bonds is 7. The van der Waals surface area contributed by atoms with Crippen LogP contribution in [0.4, 0.5) is 11.5 Å². The molecule has 0 unspecified atom stereocenters. The fourth-order valence-corrected chi connectivity index (χ4v) is 2.13. The van der Waals surface area contributed by atoms with Gasteiger partial charge in [0, 0.05) is 11.8 Å². The zero-order valence-electron chi connectivity index (χ0n) is 14.0. The van der Waals surface area contributed by atoms with Crippen LogP contribution in [0.15, 0.2) is 57.7 Å². The van der Waals surface area contributed by atoms with E-state index in [2.05, 4.69) is 15.8 Å². The predicted octanol–water partition coefficient (Wildman–Crippen LogP) is 3.24. The van der Waals surface area contributed by atoms with Gasteiger partial charge in [0.15, 0.2) is 11.6 Å². The first kappa shape index (κ1) is 17.3. The highest BCUT2D eigenvalue weighted by atomic mass is 16.5. The molecule has 0 atom stereocenters. The summed E-state index contributed by atoms with van der Waals surface area (Å²) in [6, 6.07) is 11.7. The minimum absolute atomic E-state index is 0.170. The third-order valence-electron chi connectivity index (χ3n) is 3.35. The second kappa shape index (κ2) is 8.02. The van der Waals surface area contributed by atoms with E-state index in [9.17, 15) is 9.59 Å². The number of nitrogens with zero attached hydrogens (tertiary/aromatic N) is 1. The lowest BCUT2D eigenvalue weighted by Crippen LogP contribution is -2.15. The molecule has 0 saturated carbocycles. The van der Waals surface area contributed by atoms with Crippen LogP contribution in [0, 0.1) is 6.92 Å². The summed E-state index contributed by atoms with van der Waals surface area (Å²) in [5.74, 6) is 1.27. The quantitative estimate of drug-likeness (QED) is 0.674. The van der Waals surface area contributed by atoms with Gasteiger partial charge in [0.05, 0.1) is 19.3 Å². The Labute approximate surface area is 149 Å². The molecule has 0 radical (unpaired) electrons. The highest BCUT2D eigenvalue weighted by Gasteiger charge is 2.09. The summed E-state index contributed by atoms with van der Waals surface area (Å²) in [6.07, 6.45) is 1.61. The van der Waals surface area contributed by atoms with E-state index in [0.717, 1.165) is 0 Å². The fraction of sp³-hybridized carbons (Fsp3) is 0.167. The molecule has 2 heterocycles. The second-order valence-corrected chi connectivity index (χ2v) is 5.43. The zero-order chi connectivity index (χ0) is 18.4. The van der Waals surface area contributed by atoms with Gasteiger partial charge in [-0.3, -0.25) is 9.59 Å². The number of furan rings is 1. The molecule has 0 bridgehead atoms. The van der Waals surface area contributed by atoms with E-state index >= 15 is 0 Å². The maximum Gasteiger partial charge on any atom is 0.291 e. The van der Waals surface area contributed by atoms with Crippen molar-refractivity contribution in [1.29, 1.82) is 0 Å². The highest BCUT2D eigenvalue weighted by Crippen LogP contribution is 2.17. The Bertz CT molecular complexity index is 869. The number of hydrogen-bond acceptors (Lipinski definition) is 6. The summed E-state index contributed by atoms with van der Waals surface area (Å²) in [6.45, 7) is 1.95. The standard InChI is InChI=1S/C18H17N3O5/c1-12-11-16(21-26-12)20-17(22)8-10-24-14-6-4-13(5-7-14)19-18(23)15-3-2-9-25-15/h2-7,9,11H,8,10H2,1H3,(H,19,23)(H,20,21,22). The van der Waals surface area contributed by atoms with Crippen molar-refractivity contribution in [2.75, 3.05) is 17.2 Å². The molecule has 2 aromatic heterocycles. The van der Waals surface area contributed by atoms with Crippen molar-refractivity contribution in [3.63, 3.8) is 0 Å². The summed E-state index contributed by atoms with van der Waals surface area (Å²) < 4.78 is 15.4. The van der Waals surface area contributed by atoms with E-state index in [0.29, 0.717) is 23.0 Å². The van der Waals surface area contributed by atoms with Crippen LogP contribution in [0.3, 0.4) is 0 Å². The molecule has 0 spiro atoms. The van der Waals surface area contributed by atoms with Crippen LogP contribution in [0.1, 0.15) is 22.7 Å². The third kappa shape index (κ3) is 4.73. The zero-order valence-corrected chi connectivity index (χ0v) is 14.0. The molecule has 0 fully saturated rings. The number of aryl methyl sites for hydroxylation is 1. The lowest BCUT2D eigenvalue weighted by molar-refractivity contribution is -0.116. The van der Waals surface area contributed by atoms with Gasteiger partial charge in [0.25, 0.3) is 5.91 Å². The third-order valence-corrected chi connectivity index (χ3v) is 3.35. The van der Waals surface area contributed by atoms with Crippen molar-refractivity contribution in [2.45, 2.75) is 13.3 Å². The number of hydrogen-bond donors (Lipinski definition) is 2. The second-order valence-electron chi connectivity index (χ2n) is 5.43. The van der Waals surface area contributed by atoms with Crippen LogP contribution < -0.4 is 15.4 Å². The molecule has 1 aromatic carbocycles. The molecule has 8 nitrogen and oxygen atoms in total. The summed E-state index contributed by atoms with van der Waals surface area (Å²) in [7, 11) is 0. The van der Waals surface area contributed by atoms with Crippen LogP contribution in [0.2, 0.25) is 0 Å². The molecular weight excluding hydrogens is 338 g/mol.